The van der Waals surface area contributed by atoms with Crippen LogP contribution in [0.15, 0.2) is 0 Å². The van der Waals surface area contributed by atoms with Crippen LogP contribution >= 0.6 is 0 Å². The van der Waals surface area contributed by atoms with E-state index in [0.717, 1.165) is 39.0 Å². The second-order valence-corrected chi connectivity index (χ2v) is 3.81. The second-order valence-electron chi connectivity index (χ2n) is 3.81. The van der Waals surface area contributed by atoms with E-state index in [0.29, 0.717) is 6.10 Å². The van der Waals surface area contributed by atoms with Crippen molar-refractivity contribution in [2.75, 3.05) is 26.8 Å². The highest BCUT2D eigenvalue weighted by Gasteiger charge is 2.41. The summed E-state index contributed by atoms with van der Waals surface area (Å²) in [6.45, 7) is 2.98. The van der Waals surface area contributed by atoms with Gasteiger partial charge in [-0.2, -0.15) is 0 Å². The smallest absolute Gasteiger partial charge is 0.0832 e. The summed E-state index contributed by atoms with van der Waals surface area (Å²) >= 11 is 0. The van der Waals surface area contributed by atoms with E-state index in [2.05, 4.69) is 5.32 Å². The normalized spacial score (nSPS) is 34.2. The lowest BCUT2D eigenvalue weighted by Crippen LogP contribution is -2.41. The zero-order valence-electron chi connectivity index (χ0n) is 7.64. The molecule has 3 nitrogen and oxygen atoms in total. The SMILES string of the molecule is COC1COC2(CCNCC2)C1. The summed E-state index contributed by atoms with van der Waals surface area (Å²) in [5.41, 5.74) is 0.159. The number of methoxy groups -OCH3 is 1. The van der Waals surface area contributed by atoms with Gasteiger partial charge in [-0.1, -0.05) is 0 Å². The Morgan fingerprint density at radius 1 is 1.42 bits per heavy atom. The van der Waals surface area contributed by atoms with Crippen LogP contribution < -0.4 is 5.32 Å². The largest absolute Gasteiger partial charge is 0.379 e. The summed E-state index contributed by atoms with van der Waals surface area (Å²) in [7, 11) is 1.77. The van der Waals surface area contributed by atoms with Crippen LogP contribution in [0.3, 0.4) is 0 Å². The van der Waals surface area contributed by atoms with E-state index in [1.54, 1.807) is 7.11 Å². The van der Waals surface area contributed by atoms with E-state index in [4.69, 9.17) is 9.47 Å². The maximum atomic E-state index is 5.82. The average Bonchev–Trinajstić information content (AvgIpc) is 2.50. The molecule has 70 valence electrons. The van der Waals surface area contributed by atoms with Gasteiger partial charge >= 0.3 is 0 Å². The third kappa shape index (κ3) is 1.49. The van der Waals surface area contributed by atoms with Crippen LogP contribution in [-0.2, 0) is 9.47 Å². The molecule has 3 heteroatoms. The zero-order valence-corrected chi connectivity index (χ0v) is 7.64. The van der Waals surface area contributed by atoms with Crippen LogP contribution in [0.2, 0.25) is 0 Å². The molecule has 1 N–H and O–H groups in total. The van der Waals surface area contributed by atoms with E-state index in [-0.39, 0.29) is 5.60 Å². The predicted molar refractivity (Wildman–Crippen MR) is 46.2 cm³/mol. The van der Waals surface area contributed by atoms with E-state index in [9.17, 15) is 0 Å². The molecule has 1 atom stereocenters. The first-order chi connectivity index (χ1) is 5.85. The molecule has 0 aromatic rings. The van der Waals surface area contributed by atoms with Crippen LogP contribution in [0.1, 0.15) is 19.3 Å². The van der Waals surface area contributed by atoms with Crippen molar-refractivity contribution in [3.05, 3.63) is 0 Å². The number of rotatable bonds is 1. The van der Waals surface area contributed by atoms with Crippen molar-refractivity contribution in [1.82, 2.24) is 5.32 Å². The standard InChI is InChI=1S/C9H17NO2/c1-11-8-6-9(12-7-8)2-4-10-5-3-9/h8,10H,2-7H2,1H3. The molecule has 2 saturated heterocycles. The Bertz CT molecular complexity index is 155. The fourth-order valence-corrected chi connectivity index (χ4v) is 2.18. The first-order valence-electron chi connectivity index (χ1n) is 4.72. The molecule has 1 spiro atoms. The van der Waals surface area contributed by atoms with Crippen LogP contribution in [-0.4, -0.2) is 38.5 Å². The highest BCUT2D eigenvalue weighted by Crippen LogP contribution is 2.34. The Morgan fingerprint density at radius 2 is 2.17 bits per heavy atom. The molecule has 2 rings (SSSR count). The fourth-order valence-electron chi connectivity index (χ4n) is 2.18. The van der Waals surface area contributed by atoms with Crippen LogP contribution in [0.4, 0.5) is 0 Å². The lowest BCUT2D eigenvalue weighted by Gasteiger charge is -2.32. The van der Waals surface area contributed by atoms with Crippen molar-refractivity contribution in [3.63, 3.8) is 0 Å². The summed E-state index contributed by atoms with van der Waals surface area (Å²) in [5.74, 6) is 0. The van der Waals surface area contributed by atoms with Gasteiger partial charge in [0.15, 0.2) is 0 Å². The summed E-state index contributed by atoms with van der Waals surface area (Å²) in [5, 5.41) is 3.35. The van der Waals surface area contributed by atoms with E-state index in [1.165, 1.54) is 0 Å². The third-order valence-electron chi connectivity index (χ3n) is 3.02. The molecular formula is C9H17NO2. The van der Waals surface area contributed by atoms with Crippen molar-refractivity contribution in [2.24, 2.45) is 0 Å². The minimum atomic E-state index is 0.159. The molecule has 0 aromatic carbocycles. The van der Waals surface area contributed by atoms with E-state index < -0.39 is 0 Å². The van der Waals surface area contributed by atoms with Gasteiger partial charge in [-0.05, 0) is 25.9 Å². The minimum absolute atomic E-state index is 0.159. The maximum absolute atomic E-state index is 5.82. The lowest BCUT2D eigenvalue weighted by atomic mass is 9.89. The monoisotopic (exact) mass is 171 g/mol. The average molecular weight is 171 g/mol. The molecule has 0 aromatic heterocycles. The number of hydrogen-bond donors (Lipinski definition) is 1. The molecule has 0 amide bonds. The van der Waals surface area contributed by atoms with E-state index in [1.807, 2.05) is 0 Å². The van der Waals surface area contributed by atoms with Crippen LogP contribution in [0.5, 0.6) is 0 Å². The van der Waals surface area contributed by atoms with Gasteiger partial charge in [0.05, 0.1) is 18.3 Å². The zero-order chi connectivity index (χ0) is 8.44. The van der Waals surface area contributed by atoms with Gasteiger partial charge in [0, 0.05) is 13.5 Å². The molecule has 12 heavy (non-hydrogen) atoms. The van der Waals surface area contributed by atoms with Gasteiger partial charge in [-0.3, -0.25) is 0 Å². The van der Waals surface area contributed by atoms with Crippen LogP contribution in [0.25, 0.3) is 0 Å². The molecule has 0 radical (unpaired) electrons. The van der Waals surface area contributed by atoms with Gasteiger partial charge in [0.2, 0.25) is 0 Å². The Hall–Kier alpha value is -0.120. The van der Waals surface area contributed by atoms with Gasteiger partial charge in [-0.15, -0.1) is 0 Å². The molecule has 2 heterocycles. The van der Waals surface area contributed by atoms with Gasteiger partial charge in [-0.25, -0.2) is 0 Å². The van der Waals surface area contributed by atoms with Crippen molar-refractivity contribution in [3.8, 4) is 0 Å². The summed E-state index contributed by atoms with van der Waals surface area (Å²) < 4.78 is 11.1. The summed E-state index contributed by atoms with van der Waals surface area (Å²) in [6.07, 6.45) is 3.72. The first kappa shape index (κ1) is 8.48. The van der Waals surface area contributed by atoms with Gasteiger partial charge in [0.25, 0.3) is 0 Å². The summed E-state index contributed by atoms with van der Waals surface area (Å²) in [6, 6.07) is 0. The second kappa shape index (κ2) is 3.32. The molecule has 0 bridgehead atoms. The number of nitrogens with one attached hydrogen (secondary N) is 1. The highest BCUT2D eigenvalue weighted by atomic mass is 16.6. The van der Waals surface area contributed by atoms with Gasteiger partial charge < -0.3 is 14.8 Å². The molecular weight excluding hydrogens is 154 g/mol. The highest BCUT2D eigenvalue weighted by molar-refractivity contribution is 4.93. The summed E-state index contributed by atoms with van der Waals surface area (Å²) in [4.78, 5) is 0. The quantitative estimate of drug-likeness (QED) is 0.624. The van der Waals surface area contributed by atoms with Crippen molar-refractivity contribution in [2.45, 2.75) is 31.0 Å². The Morgan fingerprint density at radius 3 is 2.75 bits per heavy atom. The molecule has 2 fully saturated rings. The molecule has 2 aliphatic rings. The lowest BCUT2D eigenvalue weighted by molar-refractivity contribution is -0.0218. The Balaban J connectivity index is 1.94. The Labute approximate surface area is 73.4 Å². The molecule has 2 aliphatic heterocycles. The minimum Gasteiger partial charge on any atom is -0.379 e. The molecule has 0 aliphatic carbocycles. The first-order valence-corrected chi connectivity index (χ1v) is 4.72. The van der Waals surface area contributed by atoms with Crippen LogP contribution in [0, 0.1) is 0 Å². The molecule has 0 saturated carbocycles. The third-order valence-corrected chi connectivity index (χ3v) is 3.02. The number of piperidine rings is 1. The van der Waals surface area contributed by atoms with Crippen molar-refractivity contribution >= 4 is 0 Å². The fraction of sp³-hybridized carbons (Fsp3) is 1.00. The van der Waals surface area contributed by atoms with Crippen molar-refractivity contribution in [1.29, 1.82) is 0 Å². The number of hydrogen-bond acceptors (Lipinski definition) is 3. The maximum Gasteiger partial charge on any atom is 0.0832 e. The topological polar surface area (TPSA) is 30.5 Å². The predicted octanol–water partition coefficient (Wildman–Crippen LogP) is 0.544. The van der Waals surface area contributed by atoms with Gasteiger partial charge in [0.1, 0.15) is 0 Å². The Kier molecular flexibility index (Phi) is 2.35. The van der Waals surface area contributed by atoms with Crippen molar-refractivity contribution < 1.29 is 9.47 Å². The number of ether oxygens (including phenoxy) is 2. The van der Waals surface area contributed by atoms with E-state index >= 15 is 0 Å². The molecule has 1 unspecified atom stereocenters.